The van der Waals surface area contributed by atoms with E-state index in [0.29, 0.717) is 10.8 Å². The number of fused-ring (bicyclic) bond motifs is 4. The van der Waals surface area contributed by atoms with Crippen LogP contribution >= 0.6 is 0 Å². The minimum absolute atomic E-state index is 0.521. The lowest BCUT2D eigenvalue weighted by atomic mass is 9.47. The van der Waals surface area contributed by atoms with Crippen LogP contribution in [-0.2, 0) is 0 Å². The van der Waals surface area contributed by atoms with Crippen molar-refractivity contribution in [3.05, 3.63) is 11.6 Å². The van der Waals surface area contributed by atoms with Crippen molar-refractivity contribution >= 4 is 0 Å². The zero-order chi connectivity index (χ0) is 17.4. The number of hydrogen-bond acceptors (Lipinski definition) is 2. The van der Waals surface area contributed by atoms with Gasteiger partial charge in [0, 0.05) is 18.6 Å². The molecule has 8 atom stereocenters. The Morgan fingerprint density at radius 2 is 1.84 bits per heavy atom. The maximum absolute atomic E-state index is 3.87. The van der Waals surface area contributed by atoms with Crippen LogP contribution in [0.2, 0.25) is 0 Å². The average molecular weight is 343 g/mol. The van der Waals surface area contributed by atoms with Gasteiger partial charge < -0.3 is 10.2 Å². The summed E-state index contributed by atoms with van der Waals surface area (Å²) >= 11 is 0. The zero-order valence-corrected chi connectivity index (χ0v) is 16.9. The van der Waals surface area contributed by atoms with E-state index in [0.717, 1.165) is 35.8 Å². The van der Waals surface area contributed by atoms with E-state index in [-0.39, 0.29) is 0 Å². The van der Waals surface area contributed by atoms with Crippen LogP contribution < -0.4 is 5.32 Å². The first kappa shape index (κ1) is 16.8. The molecule has 5 rings (SSSR count). The maximum Gasteiger partial charge on any atom is 0.0127 e. The summed E-state index contributed by atoms with van der Waals surface area (Å²) in [7, 11) is 4.55. The van der Waals surface area contributed by atoms with Crippen LogP contribution in [0.1, 0.15) is 65.2 Å². The lowest BCUT2D eigenvalue weighted by Crippen LogP contribution is -2.52. The fourth-order valence-electron chi connectivity index (χ4n) is 8.53. The van der Waals surface area contributed by atoms with Gasteiger partial charge in [-0.15, -0.1) is 0 Å². The predicted molar refractivity (Wildman–Crippen MR) is 104 cm³/mol. The molecule has 4 aliphatic carbocycles. The van der Waals surface area contributed by atoms with Gasteiger partial charge in [-0.1, -0.05) is 18.6 Å². The summed E-state index contributed by atoms with van der Waals surface area (Å²) < 4.78 is 0. The molecule has 140 valence electrons. The minimum Gasteiger partial charge on any atom is -0.313 e. The molecule has 0 radical (unpaired) electrons. The Morgan fingerprint density at radius 1 is 1.04 bits per heavy atom. The molecule has 0 amide bonds. The van der Waals surface area contributed by atoms with Gasteiger partial charge in [0.2, 0.25) is 0 Å². The van der Waals surface area contributed by atoms with E-state index >= 15 is 0 Å². The quantitative estimate of drug-likeness (QED) is 0.707. The highest BCUT2D eigenvalue weighted by molar-refractivity contribution is 5.26. The molecule has 3 saturated carbocycles. The highest BCUT2D eigenvalue weighted by atomic mass is 15.1. The fraction of sp³-hybridized carbons (Fsp3) is 0.913. The van der Waals surface area contributed by atoms with E-state index in [2.05, 4.69) is 44.2 Å². The largest absolute Gasteiger partial charge is 0.313 e. The molecule has 5 aliphatic rings. The van der Waals surface area contributed by atoms with Crippen molar-refractivity contribution in [2.75, 3.05) is 20.6 Å². The van der Waals surface area contributed by atoms with Gasteiger partial charge in [-0.3, -0.25) is 0 Å². The zero-order valence-electron chi connectivity index (χ0n) is 16.9. The van der Waals surface area contributed by atoms with Crippen molar-refractivity contribution in [2.45, 2.75) is 77.3 Å². The van der Waals surface area contributed by atoms with E-state index in [1.165, 1.54) is 57.9 Å². The Balaban J connectivity index is 1.45. The van der Waals surface area contributed by atoms with Crippen LogP contribution in [0.5, 0.6) is 0 Å². The number of rotatable bonds is 1. The van der Waals surface area contributed by atoms with Crippen molar-refractivity contribution in [2.24, 2.45) is 34.5 Å². The third-order valence-electron chi connectivity index (χ3n) is 9.95. The summed E-state index contributed by atoms with van der Waals surface area (Å²) in [5.74, 6) is 3.94. The summed E-state index contributed by atoms with van der Waals surface area (Å²) in [6, 6.07) is 1.55. The van der Waals surface area contributed by atoms with E-state index in [1.54, 1.807) is 0 Å². The summed E-state index contributed by atoms with van der Waals surface area (Å²) in [6.45, 7) is 6.43. The summed E-state index contributed by atoms with van der Waals surface area (Å²) in [6.07, 6.45) is 14.3. The van der Waals surface area contributed by atoms with Gasteiger partial charge in [0.05, 0.1) is 0 Å². The van der Waals surface area contributed by atoms with E-state index < -0.39 is 0 Å². The van der Waals surface area contributed by atoms with Crippen LogP contribution in [0.4, 0.5) is 0 Å². The second-order valence-electron chi connectivity index (χ2n) is 10.7. The molecule has 1 heterocycles. The molecular formula is C23H38N2. The third-order valence-corrected chi connectivity index (χ3v) is 9.95. The van der Waals surface area contributed by atoms with Crippen molar-refractivity contribution < 1.29 is 0 Å². The standard InChI is InChI=1S/C23H38N2/c1-15-19-7-8-21-18-6-5-16-13-17(25(3)4)9-11-22(16,2)20(18)10-12-23(19,21)14-24-15/h5,15,17-21,24H,6-14H2,1-4H3/t15-,17-,18+,19-,20+,21-,22-,23+/m1/s1. The van der Waals surface area contributed by atoms with Crippen LogP contribution in [0.15, 0.2) is 11.6 Å². The lowest BCUT2D eigenvalue weighted by molar-refractivity contribution is -0.0408. The minimum atomic E-state index is 0.521. The second kappa shape index (κ2) is 5.58. The fourth-order valence-corrected chi connectivity index (χ4v) is 8.53. The van der Waals surface area contributed by atoms with Crippen LogP contribution in [0.25, 0.3) is 0 Å². The second-order valence-corrected chi connectivity index (χ2v) is 10.7. The molecule has 4 fully saturated rings. The number of nitrogens with zero attached hydrogens (tertiary/aromatic N) is 1. The predicted octanol–water partition coefficient (Wildman–Crippen LogP) is 4.47. The molecule has 0 aromatic carbocycles. The third kappa shape index (κ3) is 2.16. The number of allylic oxidation sites excluding steroid dienone is 1. The summed E-state index contributed by atoms with van der Waals surface area (Å²) in [4.78, 5) is 2.47. The average Bonchev–Trinajstić information content (AvgIpc) is 3.11. The maximum atomic E-state index is 3.87. The molecule has 0 unspecified atom stereocenters. The molecule has 2 heteroatoms. The van der Waals surface area contributed by atoms with Crippen molar-refractivity contribution in [3.63, 3.8) is 0 Å². The highest BCUT2D eigenvalue weighted by Gasteiger charge is 2.62. The van der Waals surface area contributed by atoms with Gasteiger partial charge in [-0.2, -0.15) is 0 Å². The normalized spacial score (nSPS) is 54.5. The monoisotopic (exact) mass is 342 g/mol. The Bertz CT molecular complexity index is 581. The molecule has 0 bridgehead atoms. The van der Waals surface area contributed by atoms with Gasteiger partial charge in [0.15, 0.2) is 0 Å². The number of hydrogen-bond donors (Lipinski definition) is 1. The van der Waals surface area contributed by atoms with Gasteiger partial charge >= 0.3 is 0 Å². The van der Waals surface area contributed by atoms with Crippen LogP contribution in [0.3, 0.4) is 0 Å². The molecule has 1 aliphatic heterocycles. The molecule has 25 heavy (non-hydrogen) atoms. The molecule has 0 aromatic rings. The molecule has 0 aromatic heterocycles. The SMILES string of the molecule is C[C@H]1NC[C@]23CC[C@H]4[C@H](CC=C5C[C@H](N(C)C)CC[C@]54C)[C@H]2CC[C@H]13. The molecule has 1 saturated heterocycles. The molecule has 2 nitrogen and oxygen atoms in total. The Hall–Kier alpha value is -0.340. The summed E-state index contributed by atoms with van der Waals surface area (Å²) in [5.41, 5.74) is 3.03. The molecule has 1 N–H and O–H groups in total. The van der Waals surface area contributed by atoms with Crippen molar-refractivity contribution in [1.82, 2.24) is 10.2 Å². The van der Waals surface area contributed by atoms with Crippen LogP contribution in [0, 0.1) is 34.5 Å². The van der Waals surface area contributed by atoms with Gasteiger partial charge in [-0.05, 0) is 107 Å². The van der Waals surface area contributed by atoms with Crippen molar-refractivity contribution in [3.8, 4) is 0 Å². The van der Waals surface area contributed by atoms with E-state index in [4.69, 9.17) is 0 Å². The smallest absolute Gasteiger partial charge is 0.0127 e. The topological polar surface area (TPSA) is 15.3 Å². The first-order valence-corrected chi connectivity index (χ1v) is 11.0. The van der Waals surface area contributed by atoms with Crippen molar-refractivity contribution in [1.29, 1.82) is 0 Å². The first-order chi connectivity index (χ1) is 12.0. The van der Waals surface area contributed by atoms with E-state index in [9.17, 15) is 0 Å². The molecular weight excluding hydrogens is 304 g/mol. The highest BCUT2D eigenvalue weighted by Crippen LogP contribution is 2.67. The Morgan fingerprint density at radius 3 is 2.64 bits per heavy atom. The van der Waals surface area contributed by atoms with Gasteiger partial charge in [-0.25, -0.2) is 0 Å². The first-order valence-electron chi connectivity index (χ1n) is 11.0. The van der Waals surface area contributed by atoms with Crippen LogP contribution in [-0.4, -0.2) is 37.6 Å². The van der Waals surface area contributed by atoms with Gasteiger partial charge in [0.1, 0.15) is 0 Å². The lowest BCUT2D eigenvalue weighted by Gasteiger charge is -2.58. The Kier molecular flexibility index (Phi) is 3.75. The number of nitrogens with one attached hydrogen (secondary N) is 1. The van der Waals surface area contributed by atoms with Gasteiger partial charge in [0.25, 0.3) is 0 Å². The van der Waals surface area contributed by atoms with E-state index in [1.807, 2.05) is 5.57 Å². The molecule has 1 spiro atoms. The Labute approximate surface area is 154 Å². The summed E-state index contributed by atoms with van der Waals surface area (Å²) in [5, 5.41) is 3.87.